The van der Waals surface area contributed by atoms with Crippen molar-refractivity contribution in [2.75, 3.05) is 0 Å². The van der Waals surface area contributed by atoms with E-state index in [0.29, 0.717) is 12.2 Å². The summed E-state index contributed by atoms with van der Waals surface area (Å²) in [5, 5.41) is 0. The van der Waals surface area contributed by atoms with Crippen LogP contribution in [0.4, 0.5) is 0 Å². The lowest BCUT2D eigenvalue weighted by Crippen LogP contribution is -2.42. The number of hydrogen-bond acceptors (Lipinski definition) is 1. The molecule has 5 atom stereocenters. The molecule has 0 radical (unpaired) electrons. The molecular weight excluding hydrogens is 160 g/mol. The van der Waals surface area contributed by atoms with Gasteiger partial charge >= 0.3 is 0 Å². The average Bonchev–Trinajstić information content (AvgIpc) is 2.02. The zero-order chi connectivity index (χ0) is 9.42. The first kappa shape index (κ1) is 9.51. The Morgan fingerprint density at radius 2 is 1.77 bits per heavy atom. The average molecular weight is 182 g/mol. The highest BCUT2D eigenvalue weighted by Crippen LogP contribution is 2.41. The molecule has 2 fully saturated rings. The van der Waals surface area contributed by atoms with Crippen molar-refractivity contribution >= 4 is 0 Å². The van der Waals surface area contributed by atoms with Crippen LogP contribution in [0.15, 0.2) is 0 Å². The Bertz CT molecular complexity index is 176. The van der Waals surface area contributed by atoms with Gasteiger partial charge in [-0.3, -0.25) is 0 Å². The van der Waals surface area contributed by atoms with E-state index < -0.39 is 0 Å². The fourth-order valence-electron chi connectivity index (χ4n) is 3.21. The van der Waals surface area contributed by atoms with Crippen molar-refractivity contribution in [1.29, 1.82) is 0 Å². The van der Waals surface area contributed by atoms with E-state index >= 15 is 0 Å². The molecule has 0 aromatic rings. The zero-order valence-corrected chi connectivity index (χ0v) is 9.12. The monoisotopic (exact) mass is 182 g/mol. The smallest absolute Gasteiger partial charge is 0.0612 e. The van der Waals surface area contributed by atoms with Gasteiger partial charge in [-0.05, 0) is 43.9 Å². The summed E-state index contributed by atoms with van der Waals surface area (Å²) in [7, 11) is 0. The molecule has 2 aliphatic rings. The van der Waals surface area contributed by atoms with Gasteiger partial charge in [0.05, 0.1) is 12.2 Å². The molecule has 2 rings (SSSR count). The summed E-state index contributed by atoms with van der Waals surface area (Å²) < 4.78 is 6.03. The molecule has 1 saturated heterocycles. The van der Waals surface area contributed by atoms with Gasteiger partial charge in [-0.1, -0.05) is 20.3 Å². The maximum atomic E-state index is 6.03. The highest BCUT2D eigenvalue weighted by molar-refractivity contribution is 4.87. The van der Waals surface area contributed by atoms with Crippen molar-refractivity contribution in [3.05, 3.63) is 0 Å². The van der Waals surface area contributed by atoms with Gasteiger partial charge in [-0.15, -0.1) is 0 Å². The minimum Gasteiger partial charge on any atom is -0.375 e. The Hall–Kier alpha value is -0.0400. The van der Waals surface area contributed by atoms with E-state index in [4.69, 9.17) is 4.74 Å². The number of ether oxygens (including phenoxy) is 1. The molecule has 0 aromatic heterocycles. The molecule has 0 aromatic carbocycles. The molecular formula is C12H22O. The summed E-state index contributed by atoms with van der Waals surface area (Å²) in [5.74, 6) is 2.65. The zero-order valence-electron chi connectivity index (χ0n) is 9.12. The van der Waals surface area contributed by atoms with Crippen molar-refractivity contribution in [3.63, 3.8) is 0 Å². The van der Waals surface area contributed by atoms with E-state index in [1.165, 1.54) is 25.7 Å². The van der Waals surface area contributed by atoms with Crippen LogP contribution in [0.3, 0.4) is 0 Å². The lowest BCUT2D eigenvalue weighted by molar-refractivity contribution is -0.121. The lowest BCUT2D eigenvalue weighted by atomic mass is 9.72. The van der Waals surface area contributed by atoms with Gasteiger partial charge in [0.25, 0.3) is 0 Å². The molecule has 0 N–H and O–H groups in total. The van der Waals surface area contributed by atoms with Gasteiger partial charge in [0, 0.05) is 0 Å². The molecule has 5 unspecified atom stereocenters. The molecule has 1 heteroatoms. The molecule has 0 bridgehead atoms. The summed E-state index contributed by atoms with van der Waals surface area (Å²) >= 11 is 0. The Morgan fingerprint density at radius 1 is 1.00 bits per heavy atom. The van der Waals surface area contributed by atoms with E-state index in [2.05, 4.69) is 20.8 Å². The van der Waals surface area contributed by atoms with Crippen LogP contribution < -0.4 is 0 Å². The Labute approximate surface area is 81.9 Å². The summed E-state index contributed by atoms with van der Waals surface area (Å²) in [5.41, 5.74) is 0. The van der Waals surface area contributed by atoms with Crippen molar-refractivity contribution in [1.82, 2.24) is 0 Å². The highest BCUT2D eigenvalue weighted by atomic mass is 16.5. The van der Waals surface area contributed by atoms with E-state index in [9.17, 15) is 0 Å². The molecule has 0 spiro atoms. The van der Waals surface area contributed by atoms with Crippen molar-refractivity contribution in [2.45, 2.75) is 58.7 Å². The topological polar surface area (TPSA) is 9.23 Å². The first-order valence-corrected chi connectivity index (χ1v) is 5.82. The predicted octanol–water partition coefficient (Wildman–Crippen LogP) is 3.24. The predicted molar refractivity (Wildman–Crippen MR) is 54.6 cm³/mol. The van der Waals surface area contributed by atoms with E-state index in [1.807, 2.05) is 0 Å². The third kappa shape index (κ3) is 1.90. The van der Waals surface area contributed by atoms with Crippen LogP contribution in [-0.4, -0.2) is 12.2 Å². The van der Waals surface area contributed by atoms with Crippen molar-refractivity contribution in [2.24, 2.45) is 17.8 Å². The third-order valence-corrected chi connectivity index (χ3v) is 3.95. The van der Waals surface area contributed by atoms with Crippen LogP contribution in [0.5, 0.6) is 0 Å². The number of fused-ring (bicyclic) bond motifs is 1. The van der Waals surface area contributed by atoms with E-state index in [1.54, 1.807) is 0 Å². The van der Waals surface area contributed by atoms with E-state index in [-0.39, 0.29) is 0 Å². The van der Waals surface area contributed by atoms with Crippen LogP contribution in [0, 0.1) is 17.8 Å². The van der Waals surface area contributed by atoms with E-state index in [0.717, 1.165) is 17.8 Å². The Balaban J connectivity index is 2.02. The summed E-state index contributed by atoms with van der Waals surface area (Å²) in [4.78, 5) is 0. The van der Waals surface area contributed by atoms with Crippen LogP contribution in [0.2, 0.25) is 0 Å². The van der Waals surface area contributed by atoms with Gasteiger partial charge in [-0.2, -0.15) is 0 Å². The van der Waals surface area contributed by atoms with Gasteiger partial charge in [-0.25, -0.2) is 0 Å². The Morgan fingerprint density at radius 3 is 2.54 bits per heavy atom. The van der Waals surface area contributed by atoms with Crippen molar-refractivity contribution < 1.29 is 4.74 Å². The van der Waals surface area contributed by atoms with Crippen LogP contribution in [-0.2, 0) is 4.74 Å². The summed E-state index contributed by atoms with van der Waals surface area (Å²) in [6, 6.07) is 0. The molecule has 1 nitrogen and oxygen atoms in total. The summed E-state index contributed by atoms with van der Waals surface area (Å²) in [6.45, 7) is 7.00. The van der Waals surface area contributed by atoms with Crippen LogP contribution in [0.25, 0.3) is 0 Å². The minimum atomic E-state index is 0.501. The molecule has 1 aliphatic heterocycles. The fourth-order valence-corrected chi connectivity index (χ4v) is 3.21. The maximum Gasteiger partial charge on any atom is 0.0612 e. The number of rotatable bonds is 0. The highest BCUT2D eigenvalue weighted by Gasteiger charge is 2.37. The van der Waals surface area contributed by atoms with Gasteiger partial charge in [0.2, 0.25) is 0 Å². The molecule has 1 heterocycles. The first-order valence-electron chi connectivity index (χ1n) is 5.82. The first-order chi connectivity index (χ1) is 6.16. The molecule has 1 saturated carbocycles. The number of hydrogen-bond donors (Lipinski definition) is 0. The van der Waals surface area contributed by atoms with Crippen molar-refractivity contribution in [3.8, 4) is 0 Å². The largest absolute Gasteiger partial charge is 0.375 e. The fraction of sp³-hybridized carbons (Fsp3) is 1.00. The molecule has 1 aliphatic carbocycles. The molecule has 76 valence electrons. The van der Waals surface area contributed by atoms with Gasteiger partial charge in [0.1, 0.15) is 0 Å². The second-order valence-electron chi connectivity index (χ2n) is 5.28. The molecule has 0 amide bonds. The second-order valence-corrected chi connectivity index (χ2v) is 5.28. The summed E-state index contributed by atoms with van der Waals surface area (Å²) in [6.07, 6.45) is 6.49. The third-order valence-electron chi connectivity index (χ3n) is 3.95. The standard InChI is InChI=1S/C12H22O/c1-8-4-5-11-9(2)7-10(3)13-12(11)6-8/h8-12H,4-7H2,1-3H3. The lowest BCUT2D eigenvalue weighted by Gasteiger charge is -2.44. The second kappa shape index (κ2) is 3.61. The quantitative estimate of drug-likeness (QED) is 0.559. The minimum absolute atomic E-state index is 0.501. The van der Waals surface area contributed by atoms with Gasteiger partial charge in [0.15, 0.2) is 0 Å². The van der Waals surface area contributed by atoms with Crippen LogP contribution in [0.1, 0.15) is 46.5 Å². The normalized spacial score (nSPS) is 51.5. The maximum absolute atomic E-state index is 6.03. The van der Waals surface area contributed by atoms with Gasteiger partial charge < -0.3 is 4.74 Å². The SMILES string of the molecule is CC1CCC2C(C)CC(C)OC2C1. The molecule has 13 heavy (non-hydrogen) atoms. The Kier molecular flexibility index (Phi) is 2.64. The van der Waals surface area contributed by atoms with Crippen LogP contribution >= 0.6 is 0 Å².